The average molecular weight is 336 g/mol. The van der Waals surface area contributed by atoms with Crippen molar-refractivity contribution in [3.8, 4) is 5.75 Å². The van der Waals surface area contributed by atoms with E-state index in [-0.39, 0.29) is 11.9 Å². The molecule has 1 heterocycles. The highest BCUT2D eigenvalue weighted by Crippen LogP contribution is 2.41. The van der Waals surface area contributed by atoms with Gasteiger partial charge in [0.15, 0.2) is 0 Å². The third kappa shape index (κ3) is 3.34. The number of methoxy groups -OCH3 is 1. The molecule has 4 rings (SSSR count). The number of nitrogens with one attached hydrogen (secondary N) is 2. The largest absolute Gasteiger partial charge is 0.497 e. The predicted molar refractivity (Wildman–Crippen MR) is 99.2 cm³/mol. The molecule has 1 saturated carbocycles. The van der Waals surface area contributed by atoms with Crippen LogP contribution in [0.25, 0.3) is 0 Å². The molecule has 1 aliphatic carbocycles. The number of carbonyl (C=O) groups excluding carboxylic acids is 1. The molecule has 2 aromatic rings. The zero-order chi connectivity index (χ0) is 17.2. The highest BCUT2D eigenvalue weighted by Gasteiger charge is 2.34. The van der Waals surface area contributed by atoms with Crippen LogP contribution in [0, 0.1) is 5.92 Å². The summed E-state index contributed by atoms with van der Waals surface area (Å²) in [6, 6.07) is 14.1. The lowest BCUT2D eigenvalue weighted by molar-refractivity contribution is 0.0930. The lowest BCUT2D eigenvalue weighted by Crippen LogP contribution is -2.31. The standard InChI is InChI=1S/C21H24N2O2/c1-25-16-11-9-15(10-12-16)20(14-7-8-14)23-21(24)18-4-2-6-19-17(18)5-3-13-22-19/h2,4,6,9-12,14,20,22H,3,5,7-8,13H2,1H3,(H,23,24). The van der Waals surface area contributed by atoms with Crippen molar-refractivity contribution in [2.45, 2.75) is 31.7 Å². The van der Waals surface area contributed by atoms with Crippen LogP contribution in [-0.4, -0.2) is 19.6 Å². The number of fused-ring (bicyclic) bond motifs is 1. The molecular weight excluding hydrogens is 312 g/mol. The van der Waals surface area contributed by atoms with Crippen LogP contribution in [0.4, 0.5) is 5.69 Å². The summed E-state index contributed by atoms with van der Waals surface area (Å²) in [4.78, 5) is 13.0. The number of anilines is 1. The Morgan fingerprint density at radius 2 is 2.00 bits per heavy atom. The van der Waals surface area contributed by atoms with Gasteiger partial charge in [0.1, 0.15) is 5.75 Å². The second-order valence-corrected chi connectivity index (χ2v) is 6.92. The van der Waals surface area contributed by atoms with Crippen LogP contribution in [0.5, 0.6) is 5.75 Å². The average Bonchev–Trinajstić information content (AvgIpc) is 3.50. The Morgan fingerprint density at radius 3 is 2.72 bits per heavy atom. The molecule has 1 aliphatic heterocycles. The molecule has 2 aromatic carbocycles. The van der Waals surface area contributed by atoms with Gasteiger partial charge in [0.05, 0.1) is 13.2 Å². The van der Waals surface area contributed by atoms with Gasteiger partial charge in [0.2, 0.25) is 0 Å². The van der Waals surface area contributed by atoms with E-state index in [2.05, 4.69) is 28.8 Å². The summed E-state index contributed by atoms with van der Waals surface area (Å²) >= 11 is 0. The zero-order valence-corrected chi connectivity index (χ0v) is 14.5. The molecule has 2 N–H and O–H groups in total. The Hall–Kier alpha value is -2.49. The fraction of sp³-hybridized carbons (Fsp3) is 0.381. The number of ether oxygens (including phenoxy) is 1. The molecule has 0 aromatic heterocycles. The predicted octanol–water partition coefficient (Wildman–Crippen LogP) is 3.93. The van der Waals surface area contributed by atoms with Gasteiger partial charge in [0, 0.05) is 17.8 Å². The summed E-state index contributed by atoms with van der Waals surface area (Å²) in [6.07, 6.45) is 4.38. The monoisotopic (exact) mass is 336 g/mol. The molecule has 130 valence electrons. The molecular formula is C21H24N2O2. The smallest absolute Gasteiger partial charge is 0.252 e. The highest BCUT2D eigenvalue weighted by molar-refractivity contribution is 5.97. The van der Waals surface area contributed by atoms with Crippen molar-refractivity contribution in [3.63, 3.8) is 0 Å². The summed E-state index contributed by atoms with van der Waals surface area (Å²) in [5.41, 5.74) is 4.21. The first-order chi connectivity index (χ1) is 12.3. The molecule has 0 spiro atoms. The summed E-state index contributed by atoms with van der Waals surface area (Å²) in [7, 11) is 1.67. The van der Waals surface area contributed by atoms with Crippen molar-refractivity contribution >= 4 is 11.6 Å². The Bertz CT molecular complexity index is 766. The van der Waals surface area contributed by atoms with Crippen LogP contribution in [0.2, 0.25) is 0 Å². The number of hydrogen-bond donors (Lipinski definition) is 2. The van der Waals surface area contributed by atoms with Crippen molar-refractivity contribution in [3.05, 3.63) is 59.2 Å². The summed E-state index contributed by atoms with van der Waals surface area (Å²) in [5.74, 6) is 1.41. The van der Waals surface area contributed by atoms with Gasteiger partial charge in [-0.05, 0) is 67.0 Å². The van der Waals surface area contributed by atoms with Gasteiger partial charge in [-0.2, -0.15) is 0 Å². The number of amides is 1. The molecule has 4 heteroatoms. The van der Waals surface area contributed by atoms with E-state index in [1.807, 2.05) is 24.3 Å². The molecule has 1 amide bonds. The minimum atomic E-state index is 0.0354. The molecule has 0 radical (unpaired) electrons. The maximum atomic E-state index is 13.0. The topological polar surface area (TPSA) is 50.4 Å². The maximum Gasteiger partial charge on any atom is 0.252 e. The van der Waals surface area contributed by atoms with E-state index >= 15 is 0 Å². The van der Waals surface area contributed by atoms with Crippen molar-refractivity contribution < 1.29 is 9.53 Å². The Morgan fingerprint density at radius 1 is 1.20 bits per heavy atom. The van der Waals surface area contributed by atoms with E-state index in [0.29, 0.717) is 5.92 Å². The van der Waals surface area contributed by atoms with Crippen LogP contribution in [-0.2, 0) is 6.42 Å². The lowest BCUT2D eigenvalue weighted by Gasteiger charge is -2.23. The zero-order valence-electron chi connectivity index (χ0n) is 14.5. The summed E-state index contributed by atoms with van der Waals surface area (Å²) in [6.45, 7) is 0.981. The second kappa shape index (κ2) is 6.79. The Labute approximate surface area is 148 Å². The fourth-order valence-corrected chi connectivity index (χ4v) is 3.66. The van der Waals surface area contributed by atoms with E-state index in [0.717, 1.165) is 47.5 Å². The van der Waals surface area contributed by atoms with E-state index < -0.39 is 0 Å². The van der Waals surface area contributed by atoms with Crippen LogP contribution in [0.15, 0.2) is 42.5 Å². The third-order valence-corrected chi connectivity index (χ3v) is 5.19. The number of hydrogen-bond acceptors (Lipinski definition) is 3. The van der Waals surface area contributed by atoms with Gasteiger partial charge in [-0.15, -0.1) is 0 Å². The van der Waals surface area contributed by atoms with Gasteiger partial charge in [0.25, 0.3) is 5.91 Å². The molecule has 2 aliphatic rings. The highest BCUT2D eigenvalue weighted by atomic mass is 16.5. The first kappa shape index (κ1) is 16.0. The molecule has 1 fully saturated rings. The van der Waals surface area contributed by atoms with Gasteiger partial charge < -0.3 is 15.4 Å². The van der Waals surface area contributed by atoms with Crippen molar-refractivity contribution in [1.82, 2.24) is 5.32 Å². The normalized spacial score (nSPS) is 17.2. The van der Waals surface area contributed by atoms with Crippen molar-refractivity contribution in [1.29, 1.82) is 0 Å². The molecule has 25 heavy (non-hydrogen) atoms. The molecule has 0 bridgehead atoms. The van der Waals surface area contributed by atoms with Crippen molar-refractivity contribution in [2.24, 2.45) is 5.92 Å². The van der Waals surface area contributed by atoms with Crippen LogP contribution < -0.4 is 15.4 Å². The first-order valence-electron chi connectivity index (χ1n) is 9.07. The second-order valence-electron chi connectivity index (χ2n) is 6.92. The molecule has 4 nitrogen and oxygen atoms in total. The lowest BCUT2D eigenvalue weighted by atomic mass is 9.96. The fourth-order valence-electron chi connectivity index (χ4n) is 3.66. The van der Waals surface area contributed by atoms with Crippen molar-refractivity contribution in [2.75, 3.05) is 19.0 Å². The van der Waals surface area contributed by atoms with Gasteiger partial charge in [-0.25, -0.2) is 0 Å². The summed E-state index contributed by atoms with van der Waals surface area (Å²) < 4.78 is 5.24. The molecule has 0 saturated heterocycles. The minimum Gasteiger partial charge on any atom is -0.497 e. The van der Waals surface area contributed by atoms with E-state index in [9.17, 15) is 4.79 Å². The van der Waals surface area contributed by atoms with Gasteiger partial charge in [-0.3, -0.25) is 4.79 Å². The molecule has 1 atom stereocenters. The summed E-state index contributed by atoms with van der Waals surface area (Å²) in [5, 5.41) is 6.69. The third-order valence-electron chi connectivity index (χ3n) is 5.19. The number of rotatable bonds is 5. The quantitative estimate of drug-likeness (QED) is 0.870. The first-order valence-corrected chi connectivity index (χ1v) is 9.07. The van der Waals surface area contributed by atoms with Gasteiger partial charge >= 0.3 is 0 Å². The van der Waals surface area contributed by atoms with E-state index in [1.54, 1.807) is 7.11 Å². The molecule has 1 unspecified atom stereocenters. The van der Waals surface area contributed by atoms with Crippen LogP contribution in [0.3, 0.4) is 0 Å². The minimum absolute atomic E-state index is 0.0354. The van der Waals surface area contributed by atoms with E-state index in [4.69, 9.17) is 4.74 Å². The van der Waals surface area contributed by atoms with Crippen LogP contribution >= 0.6 is 0 Å². The number of benzene rings is 2. The Kier molecular flexibility index (Phi) is 4.35. The maximum absolute atomic E-state index is 13.0. The van der Waals surface area contributed by atoms with E-state index in [1.165, 1.54) is 12.8 Å². The van der Waals surface area contributed by atoms with Gasteiger partial charge in [-0.1, -0.05) is 18.2 Å². The Balaban J connectivity index is 1.57. The van der Waals surface area contributed by atoms with Crippen LogP contribution in [0.1, 0.15) is 46.8 Å². The SMILES string of the molecule is COc1ccc(C(NC(=O)c2cccc3c2CCCN3)C2CC2)cc1. The number of carbonyl (C=O) groups is 1.